The molecule has 1 rings (SSSR count). The molecule has 1 aromatic rings. The van der Waals surface area contributed by atoms with Gasteiger partial charge in [-0.3, -0.25) is 4.98 Å². The monoisotopic (exact) mass is 196 g/mol. The van der Waals surface area contributed by atoms with Gasteiger partial charge in [0.1, 0.15) is 6.07 Å². The molecular formula is C7H5BrN2. The molecule has 3 heteroatoms. The van der Waals surface area contributed by atoms with Gasteiger partial charge in [-0.15, -0.1) is 0 Å². The summed E-state index contributed by atoms with van der Waals surface area (Å²) in [5.74, 6) is 0. The van der Waals surface area contributed by atoms with E-state index < -0.39 is 0 Å². The first-order chi connectivity index (χ1) is 4.75. The molecule has 1 heterocycles. The topological polar surface area (TPSA) is 36.7 Å². The van der Waals surface area contributed by atoms with E-state index in [0.717, 1.165) is 10.2 Å². The molecule has 0 unspecified atom stereocenters. The Bertz CT molecular complexity index is 268. The predicted octanol–water partition coefficient (Wildman–Crippen LogP) is 2.02. The minimum absolute atomic E-state index is 0.613. The number of hydrogen-bond donors (Lipinski definition) is 0. The number of hydrogen-bond acceptors (Lipinski definition) is 2. The maximum Gasteiger partial charge on any atom is 0.102 e. The third-order valence-electron chi connectivity index (χ3n) is 1.20. The summed E-state index contributed by atoms with van der Waals surface area (Å²) < 4.78 is 0.808. The minimum atomic E-state index is 0.613. The van der Waals surface area contributed by atoms with Crippen molar-refractivity contribution in [1.29, 1.82) is 5.26 Å². The zero-order chi connectivity index (χ0) is 7.56. The Morgan fingerprint density at radius 3 is 2.80 bits per heavy atom. The van der Waals surface area contributed by atoms with Crippen LogP contribution in [0.4, 0.5) is 0 Å². The maximum absolute atomic E-state index is 8.58. The van der Waals surface area contributed by atoms with Crippen molar-refractivity contribution in [3.63, 3.8) is 0 Å². The molecule has 0 aromatic carbocycles. The maximum atomic E-state index is 8.58. The lowest BCUT2D eigenvalue weighted by molar-refractivity contribution is 1.17. The smallest absolute Gasteiger partial charge is 0.102 e. The second-order valence-electron chi connectivity index (χ2n) is 1.86. The van der Waals surface area contributed by atoms with Gasteiger partial charge < -0.3 is 0 Å². The average Bonchev–Trinajstić information content (AvgIpc) is 1.88. The Morgan fingerprint density at radius 2 is 2.40 bits per heavy atom. The summed E-state index contributed by atoms with van der Waals surface area (Å²) in [6.45, 7) is 1.81. The molecule has 0 aliphatic rings. The molecule has 50 valence electrons. The van der Waals surface area contributed by atoms with Crippen LogP contribution in [0.25, 0.3) is 0 Å². The number of halogens is 1. The van der Waals surface area contributed by atoms with Crippen molar-refractivity contribution in [2.75, 3.05) is 0 Å². The molecule has 0 saturated heterocycles. The molecule has 1 aromatic heterocycles. The summed E-state index contributed by atoms with van der Waals surface area (Å²) in [4.78, 5) is 3.96. The molecule has 0 N–H and O–H groups in total. The Labute approximate surface area is 67.6 Å². The van der Waals surface area contributed by atoms with Crippen LogP contribution in [0.1, 0.15) is 11.3 Å². The van der Waals surface area contributed by atoms with Gasteiger partial charge in [0, 0.05) is 10.7 Å². The van der Waals surface area contributed by atoms with E-state index in [0.29, 0.717) is 5.56 Å². The van der Waals surface area contributed by atoms with Crippen molar-refractivity contribution in [2.45, 2.75) is 6.92 Å². The number of pyridine rings is 1. The van der Waals surface area contributed by atoms with Crippen LogP contribution in [0.3, 0.4) is 0 Å². The third-order valence-corrected chi connectivity index (χ3v) is 1.86. The molecule has 0 amide bonds. The highest BCUT2D eigenvalue weighted by atomic mass is 79.9. The molecule has 0 radical (unpaired) electrons. The molecular weight excluding hydrogens is 192 g/mol. The zero-order valence-electron chi connectivity index (χ0n) is 5.43. The van der Waals surface area contributed by atoms with Crippen molar-refractivity contribution in [1.82, 2.24) is 4.98 Å². The molecule has 0 aliphatic carbocycles. The van der Waals surface area contributed by atoms with Gasteiger partial charge in [0.15, 0.2) is 0 Å². The lowest BCUT2D eigenvalue weighted by Gasteiger charge is -1.95. The summed E-state index contributed by atoms with van der Waals surface area (Å²) in [6, 6.07) is 3.81. The van der Waals surface area contributed by atoms with E-state index in [2.05, 4.69) is 27.0 Å². The average molecular weight is 197 g/mol. The lowest BCUT2D eigenvalue weighted by atomic mass is 10.2. The highest BCUT2D eigenvalue weighted by molar-refractivity contribution is 9.10. The predicted molar refractivity (Wildman–Crippen MR) is 41.4 cm³/mol. The van der Waals surface area contributed by atoms with Crippen LogP contribution in [0.5, 0.6) is 0 Å². The first kappa shape index (κ1) is 7.23. The van der Waals surface area contributed by atoms with E-state index in [1.807, 2.05) is 6.92 Å². The Balaban J connectivity index is 3.34. The molecule has 0 saturated carbocycles. The van der Waals surface area contributed by atoms with Gasteiger partial charge in [-0.25, -0.2) is 0 Å². The van der Waals surface area contributed by atoms with Gasteiger partial charge in [-0.2, -0.15) is 5.26 Å². The van der Waals surface area contributed by atoms with Gasteiger partial charge >= 0.3 is 0 Å². The zero-order valence-corrected chi connectivity index (χ0v) is 7.01. The van der Waals surface area contributed by atoms with Crippen LogP contribution in [0.2, 0.25) is 0 Å². The van der Waals surface area contributed by atoms with E-state index in [1.165, 1.54) is 0 Å². The van der Waals surface area contributed by atoms with Crippen LogP contribution in [0.15, 0.2) is 16.7 Å². The molecule has 0 fully saturated rings. The fourth-order valence-electron chi connectivity index (χ4n) is 0.670. The largest absolute Gasteiger partial charge is 0.260 e. The molecule has 10 heavy (non-hydrogen) atoms. The fraction of sp³-hybridized carbons (Fsp3) is 0.143. The van der Waals surface area contributed by atoms with Gasteiger partial charge in [0.2, 0.25) is 0 Å². The fourth-order valence-corrected chi connectivity index (χ4v) is 1.16. The molecule has 2 nitrogen and oxygen atoms in total. The van der Waals surface area contributed by atoms with Crippen molar-refractivity contribution >= 4 is 15.9 Å². The Morgan fingerprint density at radius 1 is 1.70 bits per heavy atom. The van der Waals surface area contributed by atoms with Gasteiger partial charge in [0.25, 0.3) is 0 Å². The Kier molecular flexibility index (Phi) is 2.03. The molecule has 0 bridgehead atoms. The second kappa shape index (κ2) is 2.80. The number of rotatable bonds is 0. The minimum Gasteiger partial charge on any atom is -0.260 e. The third kappa shape index (κ3) is 1.17. The van der Waals surface area contributed by atoms with Crippen molar-refractivity contribution in [3.05, 3.63) is 28.0 Å². The van der Waals surface area contributed by atoms with Crippen LogP contribution >= 0.6 is 15.9 Å². The standard InChI is InChI=1S/C7H5BrN2/c1-5-6(4-9)7(8)2-3-10-5/h2-3H,1H3. The van der Waals surface area contributed by atoms with E-state index in [1.54, 1.807) is 12.3 Å². The first-order valence-corrected chi connectivity index (χ1v) is 3.56. The van der Waals surface area contributed by atoms with E-state index >= 15 is 0 Å². The summed E-state index contributed by atoms with van der Waals surface area (Å²) in [7, 11) is 0. The normalized spacial score (nSPS) is 8.90. The van der Waals surface area contributed by atoms with Crippen LogP contribution in [-0.4, -0.2) is 4.98 Å². The SMILES string of the molecule is Cc1nccc(Br)c1C#N. The summed E-state index contributed by atoms with van der Waals surface area (Å²) in [5.41, 5.74) is 1.37. The highest BCUT2D eigenvalue weighted by Crippen LogP contribution is 2.16. The van der Waals surface area contributed by atoms with Gasteiger partial charge in [-0.05, 0) is 28.9 Å². The van der Waals surface area contributed by atoms with Crippen LogP contribution in [-0.2, 0) is 0 Å². The van der Waals surface area contributed by atoms with E-state index in [9.17, 15) is 0 Å². The molecule has 0 aliphatic heterocycles. The summed E-state index contributed by atoms with van der Waals surface area (Å²) in [6.07, 6.45) is 1.67. The second-order valence-corrected chi connectivity index (χ2v) is 2.72. The first-order valence-electron chi connectivity index (χ1n) is 2.77. The summed E-state index contributed by atoms with van der Waals surface area (Å²) >= 11 is 3.24. The molecule has 0 spiro atoms. The van der Waals surface area contributed by atoms with Gasteiger partial charge in [0.05, 0.1) is 11.3 Å². The number of aromatic nitrogens is 1. The number of nitrogens with zero attached hydrogens (tertiary/aromatic N) is 2. The van der Waals surface area contributed by atoms with Crippen molar-refractivity contribution in [3.8, 4) is 6.07 Å². The van der Waals surface area contributed by atoms with E-state index in [-0.39, 0.29) is 0 Å². The van der Waals surface area contributed by atoms with Gasteiger partial charge in [-0.1, -0.05) is 0 Å². The van der Waals surface area contributed by atoms with E-state index in [4.69, 9.17) is 5.26 Å². The number of aryl methyl sites for hydroxylation is 1. The lowest BCUT2D eigenvalue weighted by Crippen LogP contribution is -1.86. The van der Waals surface area contributed by atoms with Crippen LogP contribution < -0.4 is 0 Å². The number of nitriles is 1. The van der Waals surface area contributed by atoms with Crippen molar-refractivity contribution in [2.24, 2.45) is 0 Å². The van der Waals surface area contributed by atoms with Crippen molar-refractivity contribution < 1.29 is 0 Å². The quantitative estimate of drug-likeness (QED) is 0.637. The highest BCUT2D eigenvalue weighted by Gasteiger charge is 2.00. The Hall–Kier alpha value is -0.880. The summed E-state index contributed by atoms with van der Waals surface area (Å²) in [5, 5.41) is 8.58. The van der Waals surface area contributed by atoms with Crippen LogP contribution in [0, 0.1) is 18.3 Å². The molecule has 0 atom stereocenters.